The van der Waals surface area contributed by atoms with Crippen LogP contribution in [-0.2, 0) is 0 Å². The number of rotatable bonds is 2. The Morgan fingerprint density at radius 2 is 2.33 bits per heavy atom. The van der Waals surface area contributed by atoms with E-state index in [0.29, 0.717) is 0 Å². The van der Waals surface area contributed by atoms with Gasteiger partial charge in [-0.3, -0.25) is 0 Å². The van der Waals surface area contributed by atoms with Crippen molar-refractivity contribution >= 4 is 22.9 Å². The summed E-state index contributed by atoms with van der Waals surface area (Å²) < 4.78 is 2.03. The Balaban J connectivity index is 2.63. The van der Waals surface area contributed by atoms with Gasteiger partial charge in [-0.15, -0.1) is 0 Å². The van der Waals surface area contributed by atoms with E-state index in [-0.39, 0.29) is 0 Å². The molecule has 0 aromatic carbocycles. The van der Waals surface area contributed by atoms with Crippen molar-refractivity contribution in [3.63, 3.8) is 0 Å². The predicted molar refractivity (Wildman–Crippen MR) is 35.7 cm³/mol. The maximum atomic E-state index is 5.18. The van der Waals surface area contributed by atoms with Crippen LogP contribution in [0.25, 0.3) is 0 Å². The van der Waals surface area contributed by atoms with Crippen LogP contribution in [0.4, 0.5) is 0 Å². The maximum absolute atomic E-state index is 5.18. The second-order valence-electron chi connectivity index (χ2n) is 1.12. The first-order chi connectivity index (χ1) is 2.77. The quantitative estimate of drug-likeness (QED) is 0.510. The predicted octanol–water partition coefficient (Wildman–Crippen LogP) is 0.227. The molecule has 0 aromatic heterocycles. The summed E-state index contributed by atoms with van der Waals surface area (Å²) in [6.45, 7) is 1.72. The van der Waals surface area contributed by atoms with Crippen molar-refractivity contribution in [3.05, 3.63) is 0 Å². The van der Waals surface area contributed by atoms with Crippen molar-refractivity contribution in [1.82, 2.24) is 3.11 Å². The summed E-state index contributed by atoms with van der Waals surface area (Å²) in [6.07, 6.45) is 0. The average molecular weight is 200 g/mol. The monoisotopic (exact) mass is 200 g/mol. The third kappa shape index (κ3) is 4.65. The lowest BCUT2D eigenvalue weighted by molar-refractivity contribution is 0.620. The lowest BCUT2D eigenvalue weighted by atomic mass is 10.7. The molecular weight excluding hydrogens is 191 g/mol. The zero-order valence-electron chi connectivity index (χ0n) is 3.82. The van der Waals surface area contributed by atoms with Crippen molar-refractivity contribution in [1.29, 1.82) is 0 Å². The highest BCUT2D eigenvalue weighted by Gasteiger charge is 1.82. The minimum atomic E-state index is 0.749. The normalized spacial score (nSPS) is 10.0. The summed E-state index contributed by atoms with van der Waals surface area (Å²) in [7, 11) is 1.99. The Labute approximate surface area is 52.2 Å². The summed E-state index contributed by atoms with van der Waals surface area (Å²) >= 11 is 2.20. The third-order valence-corrected chi connectivity index (χ3v) is 0.920. The van der Waals surface area contributed by atoms with Gasteiger partial charge < -0.3 is 5.73 Å². The molecule has 0 saturated carbocycles. The van der Waals surface area contributed by atoms with E-state index in [9.17, 15) is 0 Å². The van der Waals surface area contributed by atoms with Crippen molar-refractivity contribution < 1.29 is 0 Å². The first-order valence-corrected chi connectivity index (χ1v) is 2.81. The van der Waals surface area contributed by atoms with Crippen molar-refractivity contribution in [2.75, 3.05) is 20.1 Å². The Morgan fingerprint density at radius 3 is 2.33 bits per heavy atom. The number of nitrogens with two attached hydrogens (primary N) is 1. The molecular formula is C3H9IN2. The number of nitrogens with zero attached hydrogens (tertiary/aromatic N) is 1. The van der Waals surface area contributed by atoms with E-state index in [1.54, 1.807) is 0 Å². The summed E-state index contributed by atoms with van der Waals surface area (Å²) in [5, 5.41) is 0. The van der Waals surface area contributed by atoms with Gasteiger partial charge in [0.1, 0.15) is 0 Å². The standard InChI is InChI=1S/C3H9IN2/c1-6(4)3-2-5/h2-3,5H2,1H3. The fraction of sp³-hybridized carbons (Fsp3) is 1.00. The smallest absolute Gasteiger partial charge is 0.0201 e. The maximum Gasteiger partial charge on any atom is 0.0201 e. The number of halogens is 1. The van der Waals surface area contributed by atoms with Gasteiger partial charge in [0.15, 0.2) is 0 Å². The van der Waals surface area contributed by atoms with Crippen LogP contribution in [0.1, 0.15) is 0 Å². The summed E-state index contributed by atoms with van der Waals surface area (Å²) in [6, 6.07) is 0. The van der Waals surface area contributed by atoms with E-state index < -0.39 is 0 Å². The van der Waals surface area contributed by atoms with Gasteiger partial charge in [-0.05, 0) is 7.05 Å². The first-order valence-electron chi connectivity index (χ1n) is 1.84. The highest BCUT2D eigenvalue weighted by molar-refractivity contribution is 14.1. The molecule has 0 atom stereocenters. The molecule has 6 heavy (non-hydrogen) atoms. The molecule has 0 heterocycles. The van der Waals surface area contributed by atoms with Gasteiger partial charge in [0, 0.05) is 36.0 Å². The van der Waals surface area contributed by atoms with Crippen LogP contribution in [0.5, 0.6) is 0 Å². The summed E-state index contributed by atoms with van der Waals surface area (Å²) in [4.78, 5) is 0. The van der Waals surface area contributed by atoms with Gasteiger partial charge in [0.25, 0.3) is 0 Å². The SMILES string of the molecule is CN(I)CCN. The molecule has 2 nitrogen and oxygen atoms in total. The van der Waals surface area contributed by atoms with Gasteiger partial charge in [-0.25, -0.2) is 3.11 Å². The van der Waals surface area contributed by atoms with Crippen LogP contribution in [0.15, 0.2) is 0 Å². The molecule has 0 radical (unpaired) electrons. The van der Waals surface area contributed by atoms with Gasteiger partial charge in [0.2, 0.25) is 0 Å². The molecule has 0 unspecified atom stereocenters. The Bertz CT molecular complexity index is 30.0. The molecule has 0 aromatic rings. The van der Waals surface area contributed by atoms with Crippen LogP contribution in [0, 0.1) is 0 Å². The number of hydrogen-bond acceptors (Lipinski definition) is 2. The highest BCUT2D eigenvalue weighted by Crippen LogP contribution is 1.86. The molecule has 0 rings (SSSR count). The van der Waals surface area contributed by atoms with Crippen molar-refractivity contribution in [3.8, 4) is 0 Å². The van der Waals surface area contributed by atoms with E-state index in [2.05, 4.69) is 22.9 Å². The van der Waals surface area contributed by atoms with Crippen molar-refractivity contribution in [2.45, 2.75) is 0 Å². The van der Waals surface area contributed by atoms with Gasteiger partial charge in [-0.2, -0.15) is 0 Å². The Kier molecular flexibility index (Phi) is 4.24. The molecule has 0 aliphatic heterocycles. The van der Waals surface area contributed by atoms with E-state index >= 15 is 0 Å². The molecule has 2 N–H and O–H groups in total. The molecule has 0 bridgehead atoms. The molecule has 0 aliphatic carbocycles. The molecule has 0 amide bonds. The lowest BCUT2D eigenvalue weighted by Gasteiger charge is -2.00. The van der Waals surface area contributed by atoms with E-state index in [4.69, 9.17) is 5.73 Å². The first kappa shape index (κ1) is 6.65. The fourth-order valence-electron chi connectivity index (χ4n) is 0.178. The van der Waals surface area contributed by atoms with Crippen molar-refractivity contribution in [2.24, 2.45) is 5.73 Å². The second kappa shape index (κ2) is 3.83. The highest BCUT2D eigenvalue weighted by atomic mass is 127. The largest absolute Gasteiger partial charge is 0.329 e. The van der Waals surface area contributed by atoms with E-state index in [0.717, 1.165) is 13.1 Å². The van der Waals surface area contributed by atoms with Crippen LogP contribution in [0.2, 0.25) is 0 Å². The minimum Gasteiger partial charge on any atom is -0.329 e. The average Bonchev–Trinajstić information content (AvgIpc) is 1.35. The number of likely N-dealkylation sites (N-methyl/N-ethyl adjacent to an activating group) is 1. The van der Waals surface area contributed by atoms with Crippen LogP contribution >= 0.6 is 22.9 Å². The second-order valence-corrected chi connectivity index (χ2v) is 2.76. The minimum absolute atomic E-state index is 0.749. The lowest BCUT2D eigenvalue weighted by Crippen LogP contribution is -2.15. The zero-order valence-corrected chi connectivity index (χ0v) is 5.97. The summed E-state index contributed by atoms with van der Waals surface area (Å²) in [5.74, 6) is 0. The molecule has 0 spiro atoms. The number of hydrogen-bond donors (Lipinski definition) is 1. The van der Waals surface area contributed by atoms with Crippen LogP contribution in [0.3, 0.4) is 0 Å². The van der Waals surface area contributed by atoms with E-state index in [1.165, 1.54) is 0 Å². The third-order valence-electron chi connectivity index (χ3n) is 0.437. The molecule has 0 aliphatic rings. The Hall–Kier alpha value is 0.650. The fourth-order valence-corrected chi connectivity index (χ4v) is 0.456. The molecule has 38 valence electrons. The van der Waals surface area contributed by atoms with Gasteiger partial charge in [-0.1, -0.05) is 0 Å². The van der Waals surface area contributed by atoms with E-state index in [1.807, 2.05) is 10.2 Å². The van der Waals surface area contributed by atoms with Crippen LogP contribution < -0.4 is 5.73 Å². The van der Waals surface area contributed by atoms with Crippen LogP contribution in [-0.4, -0.2) is 23.3 Å². The zero-order chi connectivity index (χ0) is 4.99. The Morgan fingerprint density at radius 1 is 1.83 bits per heavy atom. The molecule has 3 heteroatoms. The summed E-state index contributed by atoms with van der Waals surface area (Å²) in [5.41, 5.74) is 5.18. The molecule has 0 fully saturated rings. The van der Waals surface area contributed by atoms with Gasteiger partial charge in [0.05, 0.1) is 0 Å². The molecule has 0 saturated heterocycles. The topological polar surface area (TPSA) is 29.3 Å². The van der Waals surface area contributed by atoms with Gasteiger partial charge >= 0.3 is 0 Å².